The first-order chi connectivity index (χ1) is 6.29. The molecule has 3 heteroatoms. The predicted molar refractivity (Wildman–Crippen MR) is 54.4 cm³/mol. The van der Waals surface area contributed by atoms with Crippen LogP contribution >= 0.6 is 0 Å². The second-order valence-corrected chi connectivity index (χ2v) is 3.03. The molecule has 0 aromatic carbocycles. The fraction of sp³-hybridized carbons (Fsp3) is 0.500. The van der Waals surface area contributed by atoms with Crippen LogP contribution in [0.5, 0.6) is 0 Å². The SMILES string of the molecule is C/C=C/CC(NC)c1ccnn1C. The Morgan fingerprint density at radius 3 is 2.92 bits per heavy atom. The van der Waals surface area contributed by atoms with Crippen molar-refractivity contribution in [2.24, 2.45) is 7.05 Å². The van der Waals surface area contributed by atoms with Crippen LogP contribution in [0.2, 0.25) is 0 Å². The summed E-state index contributed by atoms with van der Waals surface area (Å²) in [7, 11) is 3.94. The van der Waals surface area contributed by atoms with Crippen molar-refractivity contribution in [1.82, 2.24) is 15.1 Å². The molecule has 13 heavy (non-hydrogen) atoms. The minimum atomic E-state index is 0.365. The molecule has 0 saturated carbocycles. The third-order valence-corrected chi connectivity index (χ3v) is 2.17. The van der Waals surface area contributed by atoms with Crippen LogP contribution in [0.15, 0.2) is 24.4 Å². The van der Waals surface area contributed by atoms with Crippen LogP contribution in [0.4, 0.5) is 0 Å². The molecular formula is C10H17N3. The zero-order valence-corrected chi connectivity index (χ0v) is 8.49. The Balaban J connectivity index is 2.72. The molecule has 1 rings (SSSR count). The molecule has 1 aromatic rings. The van der Waals surface area contributed by atoms with E-state index in [2.05, 4.69) is 22.6 Å². The van der Waals surface area contributed by atoms with Crippen molar-refractivity contribution in [2.75, 3.05) is 7.05 Å². The summed E-state index contributed by atoms with van der Waals surface area (Å²) < 4.78 is 1.91. The Morgan fingerprint density at radius 1 is 1.69 bits per heavy atom. The minimum absolute atomic E-state index is 0.365. The summed E-state index contributed by atoms with van der Waals surface area (Å²) >= 11 is 0. The number of hydrogen-bond acceptors (Lipinski definition) is 2. The van der Waals surface area contributed by atoms with E-state index in [0.29, 0.717) is 6.04 Å². The van der Waals surface area contributed by atoms with Crippen LogP contribution in [0.25, 0.3) is 0 Å². The number of aromatic nitrogens is 2. The second-order valence-electron chi connectivity index (χ2n) is 3.03. The van der Waals surface area contributed by atoms with Crippen molar-refractivity contribution in [3.05, 3.63) is 30.1 Å². The van der Waals surface area contributed by atoms with Gasteiger partial charge >= 0.3 is 0 Å². The molecule has 0 fully saturated rings. The van der Waals surface area contributed by atoms with E-state index < -0.39 is 0 Å². The van der Waals surface area contributed by atoms with Crippen LogP contribution in [-0.4, -0.2) is 16.8 Å². The first-order valence-corrected chi connectivity index (χ1v) is 4.56. The summed E-state index contributed by atoms with van der Waals surface area (Å²) in [5.74, 6) is 0. The molecule has 0 saturated heterocycles. The summed E-state index contributed by atoms with van der Waals surface area (Å²) in [6.07, 6.45) is 7.07. The maximum Gasteiger partial charge on any atom is 0.0553 e. The number of rotatable bonds is 4. The zero-order chi connectivity index (χ0) is 9.68. The molecule has 0 amide bonds. The van der Waals surface area contributed by atoms with E-state index in [9.17, 15) is 0 Å². The highest BCUT2D eigenvalue weighted by molar-refractivity contribution is 5.08. The summed E-state index contributed by atoms with van der Waals surface area (Å²) in [6, 6.07) is 2.41. The summed E-state index contributed by atoms with van der Waals surface area (Å²) in [5.41, 5.74) is 1.22. The molecule has 0 spiro atoms. The van der Waals surface area contributed by atoms with E-state index in [1.807, 2.05) is 38.0 Å². The van der Waals surface area contributed by atoms with E-state index in [0.717, 1.165) is 6.42 Å². The van der Waals surface area contributed by atoms with Crippen molar-refractivity contribution in [3.8, 4) is 0 Å². The number of nitrogens with one attached hydrogen (secondary N) is 1. The van der Waals surface area contributed by atoms with Gasteiger partial charge in [0.05, 0.1) is 11.7 Å². The Hall–Kier alpha value is -1.09. The van der Waals surface area contributed by atoms with Gasteiger partial charge in [0.1, 0.15) is 0 Å². The zero-order valence-electron chi connectivity index (χ0n) is 8.49. The molecule has 0 bridgehead atoms. The van der Waals surface area contributed by atoms with Gasteiger partial charge in [0.2, 0.25) is 0 Å². The fourth-order valence-electron chi connectivity index (χ4n) is 1.38. The Kier molecular flexibility index (Phi) is 3.71. The first kappa shape index (κ1) is 9.99. The highest BCUT2D eigenvalue weighted by atomic mass is 15.3. The minimum Gasteiger partial charge on any atom is -0.311 e. The van der Waals surface area contributed by atoms with Gasteiger partial charge in [-0.25, -0.2) is 0 Å². The van der Waals surface area contributed by atoms with Gasteiger partial charge < -0.3 is 5.32 Å². The maximum atomic E-state index is 4.15. The second kappa shape index (κ2) is 4.82. The van der Waals surface area contributed by atoms with Crippen LogP contribution in [0.3, 0.4) is 0 Å². The van der Waals surface area contributed by atoms with E-state index in [1.54, 1.807) is 0 Å². The normalized spacial score (nSPS) is 13.8. The van der Waals surface area contributed by atoms with Crippen LogP contribution in [-0.2, 0) is 7.05 Å². The smallest absolute Gasteiger partial charge is 0.0553 e. The van der Waals surface area contributed by atoms with E-state index in [-0.39, 0.29) is 0 Å². The average molecular weight is 179 g/mol. The lowest BCUT2D eigenvalue weighted by Gasteiger charge is -2.13. The Labute approximate surface area is 79.5 Å². The monoisotopic (exact) mass is 179 g/mol. The van der Waals surface area contributed by atoms with Crippen LogP contribution in [0.1, 0.15) is 25.1 Å². The average Bonchev–Trinajstić information content (AvgIpc) is 2.54. The van der Waals surface area contributed by atoms with Gasteiger partial charge in [-0.1, -0.05) is 12.2 Å². The van der Waals surface area contributed by atoms with E-state index in [4.69, 9.17) is 0 Å². The van der Waals surface area contributed by atoms with Crippen molar-refractivity contribution >= 4 is 0 Å². The number of hydrogen-bond donors (Lipinski definition) is 1. The fourth-order valence-corrected chi connectivity index (χ4v) is 1.38. The Morgan fingerprint density at radius 2 is 2.46 bits per heavy atom. The first-order valence-electron chi connectivity index (χ1n) is 4.56. The Bertz CT molecular complexity index is 275. The molecule has 0 aliphatic rings. The number of aryl methyl sites for hydroxylation is 1. The number of nitrogens with zero attached hydrogens (tertiary/aromatic N) is 2. The molecule has 1 N–H and O–H groups in total. The van der Waals surface area contributed by atoms with Gasteiger partial charge in [-0.05, 0) is 26.5 Å². The molecule has 3 nitrogen and oxygen atoms in total. The highest BCUT2D eigenvalue weighted by Gasteiger charge is 2.09. The molecule has 0 aliphatic carbocycles. The third kappa shape index (κ3) is 2.42. The van der Waals surface area contributed by atoms with Crippen molar-refractivity contribution in [3.63, 3.8) is 0 Å². The maximum absolute atomic E-state index is 4.15. The molecular weight excluding hydrogens is 162 g/mol. The lowest BCUT2D eigenvalue weighted by molar-refractivity contribution is 0.545. The van der Waals surface area contributed by atoms with E-state index >= 15 is 0 Å². The van der Waals surface area contributed by atoms with E-state index in [1.165, 1.54) is 5.69 Å². The van der Waals surface area contributed by atoms with Gasteiger partial charge in [0, 0.05) is 13.2 Å². The lowest BCUT2D eigenvalue weighted by Crippen LogP contribution is -2.18. The summed E-state index contributed by atoms with van der Waals surface area (Å²) in [4.78, 5) is 0. The van der Waals surface area contributed by atoms with Crippen molar-refractivity contribution in [1.29, 1.82) is 0 Å². The van der Waals surface area contributed by atoms with Gasteiger partial charge in [-0.3, -0.25) is 4.68 Å². The van der Waals surface area contributed by atoms with Crippen LogP contribution < -0.4 is 5.32 Å². The molecule has 1 heterocycles. The third-order valence-electron chi connectivity index (χ3n) is 2.17. The molecule has 72 valence electrons. The highest BCUT2D eigenvalue weighted by Crippen LogP contribution is 2.15. The largest absolute Gasteiger partial charge is 0.311 e. The molecule has 0 radical (unpaired) electrons. The lowest BCUT2D eigenvalue weighted by atomic mass is 10.1. The van der Waals surface area contributed by atoms with Crippen LogP contribution in [0, 0.1) is 0 Å². The molecule has 1 atom stereocenters. The topological polar surface area (TPSA) is 29.9 Å². The molecule has 1 aromatic heterocycles. The predicted octanol–water partition coefficient (Wildman–Crippen LogP) is 1.65. The molecule has 1 unspecified atom stereocenters. The summed E-state index contributed by atoms with van der Waals surface area (Å²) in [6.45, 7) is 2.04. The standard InChI is InChI=1S/C10H17N3/c1-4-5-6-9(11-2)10-7-8-12-13(10)3/h4-5,7-9,11H,6H2,1-3H3/b5-4+. The van der Waals surface area contributed by atoms with Gasteiger partial charge in [-0.2, -0.15) is 5.10 Å². The summed E-state index contributed by atoms with van der Waals surface area (Å²) in [5, 5.41) is 7.41. The van der Waals surface area contributed by atoms with Gasteiger partial charge in [0.15, 0.2) is 0 Å². The number of allylic oxidation sites excluding steroid dienone is 1. The molecule has 0 aliphatic heterocycles. The quantitative estimate of drug-likeness (QED) is 0.712. The van der Waals surface area contributed by atoms with Gasteiger partial charge in [0.25, 0.3) is 0 Å². The van der Waals surface area contributed by atoms with Gasteiger partial charge in [-0.15, -0.1) is 0 Å². The van der Waals surface area contributed by atoms with Crippen molar-refractivity contribution in [2.45, 2.75) is 19.4 Å². The van der Waals surface area contributed by atoms with Crippen molar-refractivity contribution < 1.29 is 0 Å².